The minimum absolute atomic E-state index is 0.00706. The van der Waals surface area contributed by atoms with E-state index in [4.69, 9.17) is 0 Å². The lowest BCUT2D eigenvalue weighted by Crippen LogP contribution is -2.55. The molecular formula is C20H27N3O4. The third kappa shape index (κ3) is 6.51. The Bertz CT molecular complexity index is 704. The van der Waals surface area contributed by atoms with Gasteiger partial charge in [0.1, 0.15) is 5.54 Å². The molecule has 2 N–H and O–H groups in total. The summed E-state index contributed by atoms with van der Waals surface area (Å²) in [4.78, 5) is 34.7. The Hall–Kier alpha value is -2.70. The molecule has 2 rings (SSSR count). The van der Waals surface area contributed by atoms with Crippen molar-refractivity contribution in [2.24, 2.45) is 5.92 Å². The van der Waals surface area contributed by atoms with Crippen molar-refractivity contribution in [2.75, 3.05) is 6.54 Å². The van der Waals surface area contributed by atoms with E-state index in [1.807, 2.05) is 0 Å². The summed E-state index contributed by atoms with van der Waals surface area (Å²) in [6.07, 6.45) is 8.86. The zero-order valence-electron chi connectivity index (χ0n) is 15.9. The number of hydrogen-bond donors (Lipinski definition) is 2. The maximum atomic E-state index is 12.4. The summed E-state index contributed by atoms with van der Waals surface area (Å²) in [5, 5.41) is 16.3. The molecule has 1 aromatic carbocycles. The molecule has 1 saturated carbocycles. The van der Waals surface area contributed by atoms with E-state index in [0.717, 1.165) is 12.8 Å². The molecule has 7 heteroatoms. The molecule has 0 radical (unpaired) electrons. The summed E-state index contributed by atoms with van der Waals surface area (Å²) < 4.78 is 0. The third-order valence-corrected chi connectivity index (χ3v) is 4.81. The van der Waals surface area contributed by atoms with Crippen LogP contribution >= 0.6 is 0 Å². The Kier molecular flexibility index (Phi) is 7.10. The molecule has 146 valence electrons. The molecule has 0 atom stereocenters. The summed E-state index contributed by atoms with van der Waals surface area (Å²) in [5.74, 6) is -0.0763. The van der Waals surface area contributed by atoms with Gasteiger partial charge in [0.25, 0.3) is 5.69 Å². The van der Waals surface area contributed by atoms with Crippen LogP contribution in [0.5, 0.6) is 0 Å². The number of carbonyl (C=O) groups excluding carboxylic acids is 2. The van der Waals surface area contributed by atoms with Crippen molar-refractivity contribution in [3.63, 3.8) is 0 Å². The van der Waals surface area contributed by atoms with Crippen molar-refractivity contribution in [2.45, 2.75) is 51.5 Å². The van der Waals surface area contributed by atoms with Crippen LogP contribution in [0.3, 0.4) is 0 Å². The van der Waals surface area contributed by atoms with Gasteiger partial charge in [0, 0.05) is 24.8 Å². The summed E-state index contributed by atoms with van der Waals surface area (Å²) in [6.45, 7) is 3.98. The number of nitro benzene ring substituents is 1. The Morgan fingerprint density at radius 3 is 2.41 bits per heavy atom. The Morgan fingerprint density at radius 1 is 1.19 bits per heavy atom. The van der Waals surface area contributed by atoms with Gasteiger partial charge in [-0.05, 0) is 56.4 Å². The van der Waals surface area contributed by atoms with E-state index in [2.05, 4.69) is 10.6 Å². The van der Waals surface area contributed by atoms with Gasteiger partial charge in [-0.3, -0.25) is 19.7 Å². The highest BCUT2D eigenvalue weighted by atomic mass is 16.6. The smallest absolute Gasteiger partial charge is 0.269 e. The van der Waals surface area contributed by atoms with Crippen molar-refractivity contribution in [1.82, 2.24) is 10.6 Å². The van der Waals surface area contributed by atoms with Gasteiger partial charge in [-0.2, -0.15) is 0 Å². The SMILES string of the molecule is CC(C)(NC(=O)C=Cc1ccc([N+](=O)[O-])cc1)C(=O)NCC1CCCCC1. The average molecular weight is 373 g/mol. The zero-order valence-corrected chi connectivity index (χ0v) is 15.9. The van der Waals surface area contributed by atoms with Crippen molar-refractivity contribution in [3.8, 4) is 0 Å². The predicted octanol–water partition coefficient (Wildman–Crippen LogP) is 3.20. The van der Waals surface area contributed by atoms with Crippen LogP contribution in [-0.2, 0) is 9.59 Å². The average Bonchev–Trinajstić information content (AvgIpc) is 2.65. The number of non-ortho nitro benzene ring substituents is 1. The van der Waals surface area contributed by atoms with E-state index in [-0.39, 0.29) is 11.6 Å². The van der Waals surface area contributed by atoms with Gasteiger partial charge in [-0.1, -0.05) is 19.3 Å². The Balaban J connectivity index is 1.84. The van der Waals surface area contributed by atoms with Crippen LogP contribution in [0, 0.1) is 16.0 Å². The second kappa shape index (κ2) is 9.30. The van der Waals surface area contributed by atoms with Crippen LogP contribution in [0.1, 0.15) is 51.5 Å². The number of amides is 2. The molecule has 1 aliphatic carbocycles. The second-order valence-electron chi connectivity index (χ2n) is 7.51. The first kappa shape index (κ1) is 20.6. The summed E-state index contributed by atoms with van der Waals surface area (Å²) in [5.41, 5.74) is -0.367. The number of nitrogens with zero attached hydrogens (tertiary/aromatic N) is 1. The van der Waals surface area contributed by atoms with Crippen molar-refractivity contribution < 1.29 is 14.5 Å². The van der Waals surface area contributed by atoms with Gasteiger partial charge >= 0.3 is 0 Å². The van der Waals surface area contributed by atoms with Crippen LogP contribution in [0.25, 0.3) is 6.08 Å². The van der Waals surface area contributed by atoms with Gasteiger partial charge in [-0.15, -0.1) is 0 Å². The van der Waals surface area contributed by atoms with E-state index in [1.54, 1.807) is 32.1 Å². The first-order valence-electron chi connectivity index (χ1n) is 9.31. The van der Waals surface area contributed by atoms with Gasteiger partial charge in [0.2, 0.25) is 11.8 Å². The molecule has 7 nitrogen and oxygen atoms in total. The number of benzene rings is 1. The number of carbonyl (C=O) groups is 2. The second-order valence-corrected chi connectivity index (χ2v) is 7.51. The molecule has 27 heavy (non-hydrogen) atoms. The van der Waals surface area contributed by atoms with Crippen LogP contribution in [-0.4, -0.2) is 28.8 Å². The summed E-state index contributed by atoms with van der Waals surface area (Å²) in [6, 6.07) is 5.87. The molecule has 2 amide bonds. The molecule has 0 spiro atoms. The number of rotatable bonds is 7. The highest BCUT2D eigenvalue weighted by molar-refractivity contribution is 5.97. The molecule has 1 fully saturated rings. The van der Waals surface area contributed by atoms with Crippen LogP contribution in [0.15, 0.2) is 30.3 Å². The first-order chi connectivity index (χ1) is 12.8. The lowest BCUT2D eigenvalue weighted by atomic mass is 9.89. The van der Waals surface area contributed by atoms with Gasteiger partial charge < -0.3 is 10.6 Å². The van der Waals surface area contributed by atoms with Crippen molar-refractivity contribution in [1.29, 1.82) is 0 Å². The summed E-state index contributed by atoms with van der Waals surface area (Å²) >= 11 is 0. The van der Waals surface area contributed by atoms with Gasteiger partial charge in [-0.25, -0.2) is 0 Å². The fourth-order valence-corrected chi connectivity index (χ4v) is 3.13. The number of nitro groups is 1. The number of hydrogen-bond acceptors (Lipinski definition) is 4. The van der Waals surface area contributed by atoms with E-state index < -0.39 is 16.4 Å². The predicted molar refractivity (Wildman–Crippen MR) is 104 cm³/mol. The quantitative estimate of drug-likeness (QED) is 0.435. The molecular weight excluding hydrogens is 346 g/mol. The van der Waals surface area contributed by atoms with E-state index in [9.17, 15) is 19.7 Å². The van der Waals surface area contributed by atoms with Crippen molar-refractivity contribution >= 4 is 23.6 Å². The van der Waals surface area contributed by atoms with Crippen molar-refractivity contribution in [3.05, 3.63) is 46.0 Å². The Labute approximate surface area is 159 Å². The Morgan fingerprint density at radius 2 is 1.81 bits per heavy atom. The van der Waals surface area contributed by atoms with E-state index in [1.165, 1.54) is 37.5 Å². The maximum Gasteiger partial charge on any atom is 0.269 e. The molecule has 0 bridgehead atoms. The zero-order chi connectivity index (χ0) is 19.9. The minimum Gasteiger partial charge on any atom is -0.354 e. The fourth-order valence-electron chi connectivity index (χ4n) is 3.13. The highest BCUT2D eigenvalue weighted by Gasteiger charge is 2.29. The maximum absolute atomic E-state index is 12.4. The lowest BCUT2D eigenvalue weighted by Gasteiger charge is -2.27. The molecule has 1 aliphatic rings. The highest BCUT2D eigenvalue weighted by Crippen LogP contribution is 2.22. The van der Waals surface area contributed by atoms with Gasteiger partial charge in [0.15, 0.2) is 0 Å². The third-order valence-electron chi connectivity index (χ3n) is 4.81. The topological polar surface area (TPSA) is 101 Å². The van der Waals surface area contributed by atoms with Crippen LogP contribution in [0.2, 0.25) is 0 Å². The molecule has 0 aromatic heterocycles. The number of nitrogens with one attached hydrogen (secondary N) is 2. The summed E-state index contributed by atoms with van der Waals surface area (Å²) in [7, 11) is 0. The van der Waals surface area contributed by atoms with Gasteiger partial charge in [0.05, 0.1) is 4.92 Å². The van der Waals surface area contributed by atoms with Crippen LogP contribution < -0.4 is 10.6 Å². The minimum atomic E-state index is -1.02. The molecule has 0 aliphatic heterocycles. The molecule has 0 unspecified atom stereocenters. The standard InChI is InChI=1S/C20H27N3O4/c1-20(2,19(25)21-14-16-6-4-3-5-7-16)22-18(24)13-10-15-8-11-17(12-9-15)23(26)27/h8-13,16H,3-7,14H2,1-2H3,(H,21,25)(H,22,24). The van der Waals surface area contributed by atoms with Crippen LogP contribution in [0.4, 0.5) is 5.69 Å². The normalized spacial score (nSPS) is 15.5. The van der Waals surface area contributed by atoms with E-state index >= 15 is 0 Å². The lowest BCUT2D eigenvalue weighted by molar-refractivity contribution is -0.384. The fraction of sp³-hybridized carbons (Fsp3) is 0.500. The molecule has 0 saturated heterocycles. The largest absolute Gasteiger partial charge is 0.354 e. The molecule has 1 aromatic rings. The molecule has 0 heterocycles. The monoisotopic (exact) mass is 373 g/mol. The van der Waals surface area contributed by atoms with E-state index in [0.29, 0.717) is 18.0 Å². The first-order valence-corrected chi connectivity index (χ1v) is 9.31.